The highest BCUT2D eigenvalue weighted by molar-refractivity contribution is 5.97. The second kappa shape index (κ2) is 10.5. The summed E-state index contributed by atoms with van der Waals surface area (Å²) in [6.45, 7) is 0. The third-order valence-corrected chi connectivity index (χ3v) is 5.01. The van der Waals surface area contributed by atoms with Crippen LogP contribution in [-0.4, -0.2) is 61.3 Å². The van der Waals surface area contributed by atoms with Crippen LogP contribution >= 0.6 is 0 Å². The summed E-state index contributed by atoms with van der Waals surface area (Å²) in [5.41, 5.74) is 11.2. The van der Waals surface area contributed by atoms with E-state index in [0.717, 1.165) is 0 Å². The quantitative estimate of drug-likeness (QED) is 0.382. The number of carbonyl (C=O) groups is 2. The molecule has 0 spiro atoms. The van der Waals surface area contributed by atoms with Gasteiger partial charge in [-0.2, -0.15) is 0 Å². The van der Waals surface area contributed by atoms with Gasteiger partial charge in [0, 0.05) is 17.7 Å². The lowest BCUT2D eigenvalue weighted by Crippen LogP contribution is -2.67. The average molecular weight is 471 g/mol. The van der Waals surface area contributed by atoms with E-state index in [-0.39, 0.29) is 6.42 Å². The van der Waals surface area contributed by atoms with E-state index in [1.54, 1.807) is 41.2 Å². The summed E-state index contributed by atoms with van der Waals surface area (Å²) >= 11 is 0. The largest absolute Gasteiger partial charge is 0.495 e. The Hall–Kier alpha value is -4.32. The zero-order chi connectivity index (χ0) is 24.8. The minimum atomic E-state index is -0.850. The third kappa shape index (κ3) is 5.02. The van der Waals surface area contributed by atoms with Crippen molar-refractivity contribution in [3.05, 3.63) is 36.5 Å². The van der Waals surface area contributed by atoms with E-state index in [1.165, 1.54) is 28.4 Å². The lowest BCUT2D eigenvalue weighted by molar-refractivity contribution is -0.401. The first-order valence-electron chi connectivity index (χ1n) is 10.1. The van der Waals surface area contributed by atoms with Gasteiger partial charge in [0.05, 0.1) is 58.1 Å². The molecule has 0 aliphatic carbocycles. The first-order valence-corrected chi connectivity index (χ1v) is 10.1. The molecule has 180 valence electrons. The highest BCUT2D eigenvalue weighted by Gasteiger charge is 2.22. The van der Waals surface area contributed by atoms with Crippen LogP contribution in [0.4, 0.5) is 5.69 Å². The Labute approximate surface area is 195 Å². The maximum Gasteiger partial charge on any atom is 0.283 e. The Bertz CT molecular complexity index is 1170. The first-order chi connectivity index (χ1) is 16.3. The third-order valence-electron chi connectivity index (χ3n) is 5.01. The molecule has 1 heterocycles. The van der Waals surface area contributed by atoms with Crippen molar-refractivity contribution in [2.24, 2.45) is 5.73 Å². The number of aromatic nitrogens is 3. The monoisotopic (exact) mass is 471 g/mol. The van der Waals surface area contributed by atoms with Crippen molar-refractivity contribution in [1.82, 2.24) is 15.0 Å². The van der Waals surface area contributed by atoms with Gasteiger partial charge in [0.1, 0.15) is 5.75 Å². The van der Waals surface area contributed by atoms with Crippen molar-refractivity contribution >= 4 is 17.5 Å². The summed E-state index contributed by atoms with van der Waals surface area (Å²) in [5, 5.41) is 11.0. The van der Waals surface area contributed by atoms with Crippen molar-refractivity contribution in [2.75, 3.05) is 33.8 Å². The molecule has 0 aliphatic heterocycles. The normalized spacial score (nSPS) is 11.4. The SMILES string of the molecule is COc1ccc(-c2cnnn2-c2cc(OC)c(OC)c(OC)c2)cc1NC(=O)C([NH3+])CC(N)=O. The number of quaternary nitrogens is 1. The lowest BCUT2D eigenvalue weighted by atomic mass is 10.1. The Balaban J connectivity index is 2.02. The predicted octanol–water partition coefficient (Wildman–Crippen LogP) is 0.393. The van der Waals surface area contributed by atoms with Gasteiger partial charge < -0.3 is 35.7 Å². The van der Waals surface area contributed by atoms with Crippen LogP contribution in [0.5, 0.6) is 23.0 Å². The van der Waals surface area contributed by atoms with Crippen LogP contribution in [0.25, 0.3) is 16.9 Å². The predicted molar refractivity (Wildman–Crippen MR) is 122 cm³/mol. The minimum Gasteiger partial charge on any atom is -0.495 e. The summed E-state index contributed by atoms with van der Waals surface area (Å²) in [6, 6.07) is 7.83. The molecule has 0 radical (unpaired) electrons. The standard InChI is InChI=1S/C22H26N6O6/c1-31-17-6-5-12(7-15(17)26-22(30)14(23)10-20(24)29)16-11-25-27-28(16)13-8-18(32-2)21(34-4)19(9-13)33-3/h5-9,11,14H,10,23H2,1-4H3,(H2,24,29)(H,26,30)/p+1. The van der Waals surface area contributed by atoms with Crippen LogP contribution in [-0.2, 0) is 9.59 Å². The van der Waals surface area contributed by atoms with Crippen molar-refractivity contribution in [2.45, 2.75) is 12.5 Å². The fraction of sp³-hybridized carbons (Fsp3) is 0.273. The van der Waals surface area contributed by atoms with Gasteiger partial charge in [-0.3, -0.25) is 9.59 Å². The van der Waals surface area contributed by atoms with Crippen LogP contribution in [0.2, 0.25) is 0 Å². The van der Waals surface area contributed by atoms with E-state index in [0.29, 0.717) is 45.6 Å². The summed E-state index contributed by atoms with van der Waals surface area (Å²) in [6.07, 6.45) is 1.40. The number of primary amides is 1. The van der Waals surface area contributed by atoms with Crippen LogP contribution < -0.4 is 35.7 Å². The van der Waals surface area contributed by atoms with E-state index in [2.05, 4.69) is 21.4 Å². The number of methoxy groups -OCH3 is 4. The summed E-state index contributed by atoms with van der Waals surface area (Å²) in [4.78, 5) is 23.6. The molecule has 0 aliphatic rings. The van der Waals surface area contributed by atoms with Gasteiger partial charge >= 0.3 is 0 Å². The fourth-order valence-electron chi connectivity index (χ4n) is 3.35. The molecular formula is C22H27N6O6+. The molecule has 34 heavy (non-hydrogen) atoms. The van der Waals surface area contributed by atoms with Gasteiger partial charge in [-0.25, -0.2) is 4.68 Å². The summed E-state index contributed by atoms with van der Waals surface area (Å²) < 4.78 is 23.2. The summed E-state index contributed by atoms with van der Waals surface area (Å²) in [7, 11) is 6.05. The molecule has 2 amide bonds. The number of ether oxygens (including phenoxy) is 4. The molecule has 1 unspecified atom stereocenters. The molecule has 1 atom stereocenters. The molecule has 0 fully saturated rings. The number of nitrogens with two attached hydrogens (primary N) is 1. The van der Waals surface area contributed by atoms with E-state index >= 15 is 0 Å². The number of hydrogen-bond acceptors (Lipinski definition) is 8. The van der Waals surface area contributed by atoms with E-state index < -0.39 is 17.9 Å². The van der Waals surface area contributed by atoms with E-state index in [4.69, 9.17) is 24.7 Å². The zero-order valence-corrected chi connectivity index (χ0v) is 19.3. The van der Waals surface area contributed by atoms with Gasteiger partial charge in [0.15, 0.2) is 17.5 Å². The maximum atomic E-state index is 12.5. The molecule has 3 rings (SSSR count). The van der Waals surface area contributed by atoms with Crippen molar-refractivity contribution < 1.29 is 34.3 Å². The van der Waals surface area contributed by atoms with Crippen LogP contribution in [0.15, 0.2) is 36.5 Å². The van der Waals surface area contributed by atoms with E-state index in [1.807, 2.05) is 0 Å². The maximum absolute atomic E-state index is 12.5. The van der Waals surface area contributed by atoms with E-state index in [9.17, 15) is 9.59 Å². The number of anilines is 1. The second-order valence-corrected chi connectivity index (χ2v) is 7.19. The first kappa shape index (κ1) is 24.3. The smallest absolute Gasteiger partial charge is 0.283 e. The molecule has 2 aromatic carbocycles. The van der Waals surface area contributed by atoms with Gasteiger partial charge in [-0.05, 0) is 18.2 Å². The number of rotatable bonds is 10. The molecule has 0 saturated carbocycles. The lowest BCUT2D eigenvalue weighted by Gasteiger charge is -2.16. The summed E-state index contributed by atoms with van der Waals surface area (Å²) in [5.74, 6) is 0.703. The van der Waals surface area contributed by atoms with Gasteiger partial charge in [0.25, 0.3) is 5.91 Å². The Morgan fingerprint density at radius 2 is 1.68 bits per heavy atom. The van der Waals surface area contributed by atoms with Gasteiger partial charge in [-0.15, -0.1) is 5.10 Å². The van der Waals surface area contributed by atoms with Crippen LogP contribution in [0.3, 0.4) is 0 Å². The van der Waals surface area contributed by atoms with Crippen molar-refractivity contribution in [1.29, 1.82) is 0 Å². The Morgan fingerprint density at radius 3 is 2.24 bits per heavy atom. The highest BCUT2D eigenvalue weighted by atomic mass is 16.5. The number of nitrogens with one attached hydrogen (secondary N) is 1. The molecule has 3 aromatic rings. The van der Waals surface area contributed by atoms with Crippen LogP contribution in [0, 0.1) is 0 Å². The fourth-order valence-corrected chi connectivity index (χ4v) is 3.35. The van der Waals surface area contributed by atoms with Crippen LogP contribution in [0.1, 0.15) is 6.42 Å². The number of nitrogens with zero attached hydrogens (tertiary/aromatic N) is 3. The molecule has 1 aromatic heterocycles. The molecule has 0 bridgehead atoms. The number of carbonyl (C=O) groups excluding carboxylic acids is 2. The molecule has 0 saturated heterocycles. The Morgan fingerprint density at radius 1 is 1.03 bits per heavy atom. The molecule has 6 N–H and O–H groups in total. The van der Waals surface area contributed by atoms with Gasteiger partial charge in [-0.1, -0.05) is 5.21 Å². The topological polar surface area (TPSA) is 167 Å². The highest BCUT2D eigenvalue weighted by Crippen LogP contribution is 2.40. The number of benzene rings is 2. The molecular weight excluding hydrogens is 444 g/mol. The Kier molecular flexibility index (Phi) is 7.53. The second-order valence-electron chi connectivity index (χ2n) is 7.19. The van der Waals surface area contributed by atoms with Gasteiger partial charge in [0.2, 0.25) is 11.7 Å². The minimum absolute atomic E-state index is 0.175. The molecule has 12 heteroatoms. The number of amides is 2. The number of hydrogen-bond donors (Lipinski definition) is 3. The van der Waals surface area contributed by atoms with Crippen molar-refractivity contribution in [3.63, 3.8) is 0 Å². The van der Waals surface area contributed by atoms with Crippen molar-refractivity contribution in [3.8, 4) is 39.9 Å². The zero-order valence-electron chi connectivity index (χ0n) is 19.3. The average Bonchev–Trinajstić information content (AvgIpc) is 3.32. The molecule has 12 nitrogen and oxygen atoms in total.